The summed E-state index contributed by atoms with van der Waals surface area (Å²) in [5, 5.41) is 3.12. The lowest BCUT2D eigenvalue weighted by molar-refractivity contribution is -0.132. The lowest BCUT2D eigenvalue weighted by Gasteiger charge is -2.32. The summed E-state index contributed by atoms with van der Waals surface area (Å²) in [5.41, 5.74) is 5.59. The van der Waals surface area contributed by atoms with E-state index in [1.54, 1.807) is 12.1 Å². The molecule has 6 nitrogen and oxygen atoms in total. The van der Waals surface area contributed by atoms with Gasteiger partial charge >= 0.3 is 0 Å². The maximum atomic E-state index is 12.9. The second-order valence-corrected chi connectivity index (χ2v) is 6.99. The monoisotopic (exact) mass is 437 g/mol. The number of ether oxygens (including phenoxy) is 2. The minimum atomic E-state index is -0.342. The number of likely N-dealkylation sites (tertiary alicyclic amines) is 1. The number of carbonyl (C=O) groups is 1. The van der Waals surface area contributed by atoms with Crippen molar-refractivity contribution in [3.63, 3.8) is 0 Å². The van der Waals surface area contributed by atoms with Crippen LogP contribution in [0, 0.1) is 5.82 Å². The van der Waals surface area contributed by atoms with E-state index in [4.69, 9.17) is 15.2 Å². The van der Waals surface area contributed by atoms with Crippen LogP contribution >= 0.6 is 24.8 Å². The third-order valence-electron chi connectivity index (χ3n) is 5.09. The smallest absolute Gasteiger partial charge is 0.249 e. The van der Waals surface area contributed by atoms with Crippen molar-refractivity contribution in [2.75, 3.05) is 32.8 Å². The average molecular weight is 438 g/mol. The maximum absolute atomic E-state index is 12.9. The van der Waals surface area contributed by atoms with Crippen molar-refractivity contribution in [1.29, 1.82) is 0 Å². The molecule has 2 heterocycles. The summed E-state index contributed by atoms with van der Waals surface area (Å²) in [6.45, 7) is 3.71. The first-order valence-corrected chi connectivity index (χ1v) is 9.40. The van der Waals surface area contributed by atoms with Gasteiger partial charge in [0.2, 0.25) is 5.91 Å². The standard InChI is InChI=1S/C19H28FN3O3.2ClH/c20-14-1-3-16(4-2-14)25-12-11-23-9-7-15(8-10-23)22-19(24)18-6-5-17(13-21)26-18;;/h1-4,15,17-18H,5-13,21H2,(H,22,24);2*1H/t17-,18+;;/m1../s1. The quantitative estimate of drug-likeness (QED) is 0.682. The predicted molar refractivity (Wildman–Crippen MR) is 111 cm³/mol. The van der Waals surface area contributed by atoms with E-state index in [-0.39, 0.29) is 54.8 Å². The van der Waals surface area contributed by atoms with E-state index in [1.807, 2.05) is 0 Å². The van der Waals surface area contributed by atoms with Crippen LogP contribution in [-0.2, 0) is 9.53 Å². The summed E-state index contributed by atoms with van der Waals surface area (Å²) in [6.07, 6.45) is 3.15. The molecule has 2 aliphatic rings. The highest BCUT2D eigenvalue weighted by atomic mass is 35.5. The first-order chi connectivity index (χ1) is 12.6. The SMILES string of the molecule is Cl.Cl.NC[C@H]1CC[C@@H](C(=O)NC2CCN(CCOc3ccc(F)cc3)CC2)O1. The van der Waals surface area contributed by atoms with E-state index in [0.29, 0.717) is 18.9 Å². The molecular formula is C19H30Cl2FN3O3. The van der Waals surface area contributed by atoms with Crippen molar-refractivity contribution in [2.45, 2.75) is 43.9 Å². The molecule has 0 aromatic heterocycles. The third-order valence-corrected chi connectivity index (χ3v) is 5.09. The lowest BCUT2D eigenvalue weighted by Crippen LogP contribution is -2.48. The Balaban J connectivity index is 0.00000196. The minimum absolute atomic E-state index is 0. The normalized spacial score (nSPS) is 22.8. The van der Waals surface area contributed by atoms with Crippen LogP contribution < -0.4 is 15.8 Å². The number of nitrogens with zero attached hydrogens (tertiary/aromatic N) is 1. The molecule has 2 saturated heterocycles. The Morgan fingerprint density at radius 1 is 1.18 bits per heavy atom. The average Bonchev–Trinajstić information content (AvgIpc) is 3.14. The highest BCUT2D eigenvalue weighted by Gasteiger charge is 2.31. The maximum Gasteiger partial charge on any atom is 0.249 e. The zero-order valence-corrected chi connectivity index (χ0v) is 17.5. The number of amides is 1. The van der Waals surface area contributed by atoms with Crippen molar-refractivity contribution < 1.29 is 18.7 Å². The van der Waals surface area contributed by atoms with Crippen LogP contribution in [0.2, 0.25) is 0 Å². The van der Waals surface area contributed by atoms with Crippen molar-refractivity contribution in [1.82, 2.24) is 10.2 Å². The number of rotatable bonds is 7. The lowest BCUT2D eigenvalue weighted by atomic mass is 10.0. The van der Waals surface area contributed by atoms with Crippen molar-refractivity contribution in [2.24, 2.45) is 5.73 Å². The molecule has 1 aromatic rings. The van der Waals surface area contributed by atoms with Crippen molar-refractivity contribution in [3.05, 3.63) is 30.1 Å². The summed E-state index contributed by atoms with van der Waals surface area (Å²) >= 11 is 0. The van der Waals surface area contributed by atoms with Crippen LogP contribution in [-0.4, -0.2) is 61.8 Å². The summed E-state index contributed by atoms with van der Waals surface area (Å²) in [4.78, 5) is 14.6. The van der Waals surface area contributed by atoms with E-state index in [9.17, 15) is 9.18 Å². The Morgan fingerprint density at radius 2 is 1.86 bits per heavy atom. The van der Waals surface area contributed by atoms with Crippen LogP contribution in [0.1, 0.15) is 25.7 Å². The summed E-state index contributed by atoms with van der Waals surface area (Å²) in [7, 11) is 0. The molecule has 0 bridgehead atoms. The van der Waals surface area contributed by atoms with Gasteiger partial charge in [-0.3, -0.25) is 9.69 Å². The molecule has 2 aliphatic heterocycles. The number of nitrogens with one attached hydrogen (secondary N) is 1. The molecule has 2 atom stereocenters. The topological polar surface area (TPSA) is 76.8 Å². The van der Waals surface area contributed by atoms with Crippen LogP contribution in [0.25, 0.3) is 0 Å². The summed E-state index contributed by atoms with van der Waals surface area (Å²) < 4.78 is 24.1. The fraction of sp³-hybridized carbons (Fsp3) is 0.632. The van der Waals surface area contributed by atoms with E-state index >= 15 is 0 Å². The molecule has 3 N–H and O–H groups in total. The second-order valence-electron chi connectivity index (χ2n) is 6.99. The van der Waals surface area contributed by atoms with Gasteiger partial charge in [0.05, 0.1) is 6.10 Å². The van der Waals surface area contributed by atoms with Gasteiger partial charge in [-0.25, -0.2) is 4.39 Å². The van der Waals surface area contributed by atoms with Gasteiger partial charge in [-0.2, -0.15) is 0 Å². The zero-order chi connectivity index (χ0) is 18.4. The molecule has 0 radical (unpaired) electrons. The van der Waals surface area contributed by atoms with Gasteiger partial charge in [0.1, 0.15) is 24.3 Å². The number of piperidine rings is 1. The third kappa shape index (κ3) is 7.37. The number of carbonyl (C=O) groups excluding carboxylic acids is 1. The zero-order valence-electron chi connectivity index (χ0n) is 15.8. The molecule has 0 saturated carbocycles. The molecule has 0 unspecified atom stereocenters. The Morgan fingerprint density at radius 3 is 2.46 bits per heavy atom. The molecule has 1 aromatic carbocycles. The molecule has 160 valence electrons. The molecule has 28 heavy (non-hydrogen) atoms. The van der Waals surface area contributed by atoms with E-state index in [2.05, 4.69) is 10.2 Å². The van der Waals surface area contributed by atoms with Gasteiger partial charge in [0.15, 0.2) is 0 Å². The van der Waals surface area contributed by atoms with E-state index in [1.165, 1.54) is 12.1 Å². The first-order valence-electron chi connectivity index (χ1n) is 9.40. The van der Waals surface area contributed by atoms with Crippen LogP contribution in [0.5, 0.6) is 5.75 Å². The highest BCUT2D eigenvalue weighted by molar-refractivity contribution is 5.85. The summed E-state index contributed by atoms with van der Waals surface area (Å²) in [5.74, 6) is 0.419. The van der Waals surface area contributed by atoms with Gasteiger partial charge in [0, 0.05) is 32.2 Å². The molecule has 1 amide bonds. The van der Waals surface area contributed by atoms with Crippen LogP contribution in [0.3, 0.4) is 0 Å². The second kappa shape index (κ2) is 12.4. The largest absolute Gasteiger partial charge is 0.492 e. The number of benzene rings is 1. The van der Waals surface area contributed by atoms with Crippen LogP contribution in [0.15, 0.2) is 24.3 Å². The number of hydrogen-bond acceptors (Lipinski definition) is 5. The van der Waals surface area contributed by atoms with Gasteiger partial charge in [-0.1, -0.05) is 0 Å². The van der Waals surface area contributed by atoms with Gasteiger partial charge in [0.25, 0.3) is 0 Å². The van der Waals surface area contributed by atoms with Crippen molar-refractivity contribution >= 4 is 30.7 Å². The Kier molecular flexibility index (Phi) is 11.1. The van der Waals surface area contributed by atoms with Crippen LogP contribution in [0.4, 0.5) is 4.39 Å². The van der Waals surface area contributed by atoms with Crippen molar-refractivity contribution in [3.8, 4) is 5.75 Å². The predicted octanol–water partition coefficient (Wildman–Crippen LogP) is 2.13. The Bertz CT molecular complexity index is 586. The molecule has 0 aliphatic carbocycles. The molecule has 2 fully saturated rings. The van der Waals surface area contributed by atoms with E-state index in [0.717, 1.165) is 45.3 Å². The molecular weight excluding hydrogens is 408 g/mol. The van der Waals surface area contributed by atoms with Gasteiger partial charge in [-0.15, -0.1) is 24.8 Å². The first kappa shape index (κ1) is 24.9. The fourth-order valence-corrected chi connectivity index (χ4v) is 3.49. The van der Waals surface area contributed by atoms with Gasteiger partial charge in [-0.05, 0) is 49.9 Å². The molecule has 3 rings (SSSR count). The fourth-order valence-electron chi connectivity index (χ4n) is 3.49. The number of hydrogen-bond donors (Lipinski definition) is 2. The Labute approximate surface area is 178 Å². The minimum Gasteiger partial charge on any atom is -0.492 e. The number of nitrogens with two attached hydrogens (primary N) is 1. The number of halogens is 3. The molecule has 9 heteroatoms. The van der Waals surface area contributed by atoms with Gasteiger partial charge < -0.3 is 20.5 Å². The summed E-state index contributed by atoms with van der Waals surface area (Å²) in [6, 6.07) is 6.27. The van der Waals surface area contributed by atoms with E-state index < -0.39 is 0 Å². The highest BCUT2D eigenvalue weighted by Crippen LogP contribution is 2.20. The Hall–Kier alpha value is -1.12. The molecule has 0 spiro atoms.